The Labute approximate surface area is 182 Å². The standard InChI is InChI=1S/C24H28N6O/c1-16-4-2-5-18(12-16)13-17-7-9-19(10-8-17)22(26)21(24(28)31)23(27)29-20-6-3-11-30(14-20)15-25/h2,4-5,7-10,12,20,26,29H,3,6,11,13-14,27H2,1H3,(H2,28,31)/b23-21+,26-22?. The van der Waals surface area contributed by atoms with Crippen LogP contribution in [0.15, 0.2) is 59.9 Å². The highest BCUT2D eigenvalue weighted by Gasteiger charge is 2.23. The van der Waals surface area contributed by atoms with Crippen LogP contribution in [0.5, 0.6) is 0 Å². The normalized spacial score (nSPS) is 16.8. The smallest absolute Gasteiger partial charge is 0.254 e. The molecule has 1 heterocycles. The van der Waals surface area contributed by atoms with E-state index in [4.69, 9.17) is 22.1 Å². The first kappa shape index (κ1) is 21.9. The third kappa shape index (κ3) is 5.64. The molecule has 31 heavy (non-hydrogen) atoms. The van der Waals surface area contributed by atoms with Gasteiger partial charge >= 0.3 is 0 Å². The fourth-order valence-corrected chi connectivity index (χ4v) is 3.86. The molecule has 2 aromatic rings. The second-order valence-corrected chi connectivity index (χ2v) is 7.92. The highest BCUT2D eigenvalue weighted by atomic mass is 16.1. The lowest BCUT2D eigenvalue weighted by Crippen LogP contribution is -2.46. The van der Waals surface area contributed by atoms with E-state index in [1.807, 2.05) is 30.3 Å². The van der Waals surface area contributed by atoms with Gasteiger partial charge in [-0.15, -0.1) is 0 Å². The number of carbonyl (C=O) groups excluding carboxylic acids is 1. The fourth-order valence-electron chi connectivity index (χ4n) is 3.86. The highest BCUT2D eigenvalue weighted by molar-refractivity contribution is 6.26. The molecule has 7 heteroatoms. The van der Waals surface area contributed by atoms with Crippen LogP contribution >= 0.6 is 0 Å². The Balaban J connectivity index is 1.75. The first-order chi connectivity index (χ1) is 14.9. The maximum absolute atomic E-state index is 12.1. The van der Waals surface area contributed by atoms with Crippen LogP contribution in [0.4, 0.5) is 0 Å². The van der Waals surface area contributed by atoms with E-state index in [-0.39, 0.29) is 23.1 Å². The minimum atomic E-state index is -0.758. The largest absolute Gasteiger partial charge is 0.385 e. The maximum Gasteiger partial charge on any atom is 0.254 e. The Bertz CT molecular complexity index is 1030. The van der Waals surface area contributed by atoms with Gasteiger partial charge in [0, 0.05) is 24.7 Å². The second kappa shape index (κ2) is 9.81. The molecule has 3 rings (SSSR count). The lowest BCUT2D eigenvalue weighted by molar-refractivity contribution is -0.114. The van der Waals surface area contributed by atoms with Crippen molar-refractivity contribution in [2.75, 3.05) is 13.1 Å². The number of piperidine rings is 1. The van der Waals surface area contributed by atoms with Crippen molar-refractivity contribution in [1.29, 1.82) is 10.7 Å². The Morgan fingerprint density at radius 1 is 1.23 bits per heavy atom. The number of primary amides is 1. The zero-order valence-electron chi connectivity index (χ0n) is 17.7. The van der Waals surface area contributed by atoms with E-state index in [0.29, 0.717) is 18.7 Å². The van der Waals surface area contributed by atoms with Gasteiger partial charge in [-0.2, -0.15) is 5.26 Å². The van der Waals surface area contributed by atoms with Crippen LogP contribution in [0.2, 0.25) is 0 Å². The van der Waals surface area contributed by atoms with E-state index < -0.39 is 5.91 Å². The number of likely N-dealkylation sites (tertiary alicyclic amines) is 1. The second-order valence-electron chi connectivity index (χ2n) is 7.92. The van der Waals surface area contributed by atoms with Crippen LogP contribution in [0.3, 0.4) is 0 Å². The number of nitriles is 1. The Morgan fingerprint density at radius 3 is 2.61 bits per heavy atom. The molecule has 1 amide bonds. The minimum absolute atomic E-state index is 0.0208. The molecule has 1 unspecified atom stereocenters. The van der Waals surface area contributed by atoms with Crippen molar-refractivity contribution in [3.8, 4) is 6.19 Å². The molecule has 0 spiro atoms. The Hall–Kier alpha value is -3.79. The average Bonchev–Trinajstić information content (AvgIpc) is 2.74. The van der Waals surface area contributed by atoms with Crippen LogP contribution in [0.1, 0.15) is 35.1 Å². The van der Waals surface area contributed by atoms with Crippen molar-refractivity contribution in [2.45, 2.75) is 32.2 Å². The number of rotatable bonds is 7. The van der Waals surface area contributed by atoms with Gasteiger partial charge in [0.25, 0.3) is 5.91 Å². The summed E-state index contributed by atoms with van der Waals surface area (Å²) in [7, 11) is 0. The van der Waals surface area contributed by atoms with Gasteiger partial charge in [-0.3, -0.25) is 10.2 Å². The van der Waals surface area contributed by atoms with Gasteiger partial charge in [0.2, 0.25) is 0 Å². The summed E-state index contributed by atoms with van der Waals surface area (Å²) in [6.07, 6.45) is 4.60. The van der Waals surface area contributed by atoms with Crippen molar-refractivity contribution in [3.63, 3.8) is 0 Å². The van der Waals surface area contributed by atoms with E-state index in [2.05, 4.69) is 36.6 Å². The van der Waals surface area contributed by atoms with Crippen LogP contribution in [-0.4, -0.2) is 35.7 Å². The van der Waals surface area contributed by atoms with Crippen LogP contribution in [0, 0.1) is 23.8 Å². The molecule has 0 radical (unpaired) electrons. The number of nitrogens with zero attached hydrogens (tertiary/aromatic N) is 2. The molecule has 0 saturated carbocycles. The van der Waals surface area contributed by atoms with Crippen molar-refractivity contribution < 1.29 is 4.79 Å². The van der Waals surface area contributed by atoms with Gasteiger partial charge in [0.15, 0.2) is 6.19 Å². The zero-order chi connectivity index (χ0) is 22.4. The summed E-state index contributed by atoms with van der Waals surface area (Å²) in [6, 6.07) is 15.8. The lowest BCUT2D eigenvalue weighted by Gasteiger charge is -2.30. The molecule has 0 aliphatic carbocycles. The molecule has 1 fully saturated rings. The quantitative estimate of drug-likeness (QED) is 0.312. The number of benzene rings is 2. The molecular formula is C24H28N6O. The summed E-state index contributed by atoms with van der Waals surface area (Å²) >= 11 is 0. The molecule has 0 aromatic heterocycles. The molecule has 7 nitrogen and oxygen atoms in total. The number of hydrogen-bond donors (Lipinski definition) is 4. The molecule has 1 atom stereocenters. The number of carbonyl (C=O) groups is 1. The molecule has 1 aliphatic rings. The van der Waals surface area contributed by atoms with Crippen LogP contribution < -0.4 is 16.8 Å². The van der Waals surface area contributed by atoms with Gasteiger partial charge in [-0.25, -0.2) is 0 Å². The van der Waals surface area contributed by atoms with Gasteiger partial charge in [-0.1, -0.05) is 54.1 Å². The highest BCUT2D eigenvalue weighted by Crippen LogP contribution is 2.16. The summed E-state index contributed by atoms with van der Waals surface area (Å²) in [6.45, 7) is 3.28. The van der Waals surface area contributed by atoms with Gasteiger partial charge in [0.05, 0.1) is 5.71 Å². The summed E-state index contributed by atoms with van der Waals surface area (Å²) < 4.78 is 0. The molecule has 0 bridgehead atoms. The number of amides is 1. The van der Waals surface area contributed by atoms with Crippen molar-refractivity contribution in [3.05, 3.63) is 82.2 Å². The summed E-state index contributed by atoms with van der Waals surface area (Å²) in [4.78, 5) is 13.7. The third-order valence-electron chi connectivity index (χ3n) is 5.42. The Morgan fingerprint density at radius 2 is 1.97 bits per heavy atom. The molecule has 1 aliphatic heterocycles. The van der Waals surface area contributed by atoms with Gasteiger partial charge in [0.1, 0.15) is 11.4 Å². The number of hydrogen-bond acceptors (Lipinski definition) is 6. The predicted molar refractivity (Wildman–Crippen MR) is 121 cm³/mol. The minimum Gasteiger partial charge on any atom is -0.385 e. The Kier molecular flexibility index (Phi) is 6.93. The molecule has 160 valence electrons. The van der Waals surface area contributed by atoms with Crippen molar-refractivity contribution in [2.24, 2.45) is 11.5 Å². The average molecular weight is 417 g/mol. The summed E-state index contributed by atoms with van der Waals surface area (Å²) in [5.74, 6) is -0.682. The molecule has 2 aromatic carbocycles. The van der Waals surface area contributed by atoms with Crippen molar-refractivity contribution in [1.82, 2.24) is 10.2 Å². The fraction of sp³-hybridized carbons (Fsp3) is 0.292. The predicted octanol–water partition coefficient (Wildman–Crippen LogP) is 2.14. The van der Waals surface area contributed by atoms with Crippen molar-refractivity contribution >= 4 is 11.6 Å². The van der Waals surface area contributed by atoms with E-state index in [9.17, 15) is 4.79 Å². The topological polar surface area (TPSA) is 132 Å². The van der Waals surface area contributed by atoms with Gasteiger partial charge < -0.3 is 21.7 Å². The monoisotopic (exact) mass is 416 g/mol. The van der Waals surface area contributed by atoms with Gasteiger partial charge in [-0.05, 0) is 37.3 Å². The lowest BCUT2D eigenvalue weighted by atomic mass is 9.97. The van der Waals surface area contributed by atoms with E-state index in [1.54, 1.807) is 4.90 Å². The van der Waals surface area contributed by atoms with E-state index in [0.717, 1.165) is 24.8 Å². The number of aryl methyl sites for hydroxylation is 1. The molecule has 6 N–H and O–H groups in total. The first-order valence-corrected chi connectivity index (χ1v) is 10.3. The van der Waals surface area contributed by atoms with Crippen LogP contribution in [0.25, 0.3) is 0 Å². The zero-order valence-corrected chi connectivity index (χ0v) is 17.7. The molecule has 1 saturated heterocycles. The summed E-state index contributed by atoms with van der Waals surface area (Å²) in [5.41, 5.74) is 15.7. The maximum atomic E-state index is 12.1. The van der Waals surface area contributed by atoms with E-state index >= 15 is 0 Å². The first-order valence-electron chi connectivity index (χ1n) is 10.3. The number of nitrogens with one attached hydrogen (secondary N) is 2. The molecular weight excluding hydrogens is 388 g/mol. The SMILES string of the molecule is Cc1cccc(Cc2ccc(C(=N)/C(C(N)=O)=C(/N)NC3CCCN(C#N)C3)cc2)c1. The van der Waals surface area contributed by atoms with Crippen LogP contribution in [-0.2, 0) is 11.2 Å². The number of nitrogens with two attached hydrogens (primary N) is 2. The third-order valence-corrected chi connectivity index (χ3v) is 5.42. The van der Waals surface area contributed by atoms with E-state index in [1.165, 1.54) is 11.1 Å². The summed E-state index contributed by atoms with van der Waals surface area (Å²) in [5, 5.41) is 20.7.